The number of hydrogen-bond acceptors (Lipinski definition) is 1. The van der Waals surface area contributed by atoms with E-state index in [4.69, 9.17) is 0 Å². The van der Waals surface area contributed by atoms with E-state index in [9.17, 15) is 0 Å². The smallest absolute Gasteiger partial charge is 0.0101 e. The topological polar surface area (TPSA) is 3.24 Å². The lowest BCUT2D eigenvalue weighted by molar-refractivity contribution is 0.152. The Kier molecular flexibility index (Phi) is 3.25. The van der Waals surface area contributed by atoms with E-state index >= 15 is 0 Å². The summed E-state index contributed by atoms with van der Waals surface area (Å²) >= 11 is 0. The molecule has 1 heteroatoms. The molecule has 0 radical (unpaired) electrons. The molecule has 2 saturated heterocycles. The molecular formula is C17H23N. The van der Waals surface area contributed by atoms with Crippen molar-refractivity contribution in [2.24, 2.45) is 5.92 Å². The average Bonchev–Trinajstić information content (AvgIpc) is 2.62. The van der Waals surface area contributed by atoms with Crippen LogP contribution in [0.3, 0.4) is 0 Å². The first-order chi connectivity index (χ1) is 8.74. The monoisotopic (exact) mass is 241 g/mol. The van der Waals surface area contributed by atoms with Gasteiger partial charge in [0.1, 0.15) is 0 Å². The van der Waals surface area contributed by atoms with Gasteiger partial charge in [-0.25, -0.2) is 0 Å². The molecule has 96 valence electrons. The van der Waals surface area contributed by atoms with Crippen LogP contribution in [0, 0.1) is 12.8 Å². The predicted molar refractivity (Wildman–Crippen MR) is 77.5 cm³/mol. The zero-order chi connectivity index (χ0) is 12.5. The van der Waals surface area contributed by atoms with Crippen LogP contribution in [0.4, 0.5) is 0 Å². The summed E-state index contributed by atoms with van der Waals surface area (Å²) in [4.78, 5) is 2.61. The maximum atomic E-state index is 2.61. The van der Waals surface area contributed by atoms with Crippen LogP contribution in [0.5, 0.6) is 0 Å². The lowest BCUT2D eigenvalue weighted by atomic mass is 9.90. The Labute approximate surface area is 111 Å². The molecule has 2 unspecified atom stereocenters. The predicted octanol–water partition coefficient (Wildman–Crippen LogP) is 3.88. The van der Waals surface area contributed by atoms with Gasteiger partial charge < -0.3 is 4.90 Å². The summed E-state index contributed by atoms with van der Waals surface area (Å²) in [6.07, 6.45) is 10.3. The molecule has 0 amide bonds. The van der Waals surface area contributed by atoms with Crippen molar-refractivity contribution in [1.29, 1.82) is 0 Å². The van der Waals surface area contributed by atoms with Crippen molar-refractivity contribution in [2.75, 3.05) is 7.05 Å². The molecule has 0 aliphatic carbocycles. The minimum Gasteiger partial charge on any atom is -0.300 e. The van der Waals surface area contributed by atoms with Crippen LogP contribution in [0.2, 0.25) is 0 Å². The molecule has 2 bridgehead atoms. The lowest BCUT2D eigenvalue weighted by Crippen LogP contribution is -2.39. The fourth-order valence-electron chi connectivity index (χ4n) is 3.62. The van der Waals surface area contributed by atoms with Crippen LogP contribution in [-0.2, 0) is 0 Å². The normalized spacial score (nSPS) is 32.2. The number of benzene rings is 1. The minimum absolute atomic E-state index is 0.790. The third kappa shape index (κ3) is 2.24. The van der Waals surface area contributed by atoms with Gasteiger partial charge in [0.25, 0.3) is 0 Å². The molecule has 2 heterocycles. The molecule has 1 nitrogen and oxygen atoms in total. The highest BCUT2D eigenvalue weighted by Crippen LogP contribution is 2.38. The van der Waals surface area contributed by atoms with Gasteiger partial charge in [-0.2, -0.15) is 0 Å². The molecule has 2 atom stereocenters. The van der Waals surface area contributed by atoms with Gasteiger partial charge in [-0.05, 0) is 56.7 Å². The van der Waals surface area contributed by atoms with Gasteiger partial charge in [0.05, 0.1) is 0 Å². The molecule has 1 aromatic carbocycles. The van der Waals surface area contributed by atoms with E-state index < -0.39 is 0 Å². The number of allylic oxidation sites excluding steroid dienone is 1. The third-order valence-corrected chi connectivity index (χ3v) is 4.87. The maximum absolute atomic E-state index is 2.61. The number of rotatable bonds is 2. The van der Waals surface area contributed by atoms with E-state index in [0.29, 0.717) is 0 Å². The summed E-state index contributed by atoms with van der Waals surface area (Å²) in [5.41, 5.74) is 2.76. The van der Waals surface area contributed by atoms with Crippen molar-refractivity contribution < 1.29 is 0 Å². The van der Waals surface area contributed by atoms with E-state index in [-0.39, 0.29) is 0 Å². The summed E-state index contributed by atoms with van der Waals surface area (Å²) < 4.78 is 0. The van der Waals surface area contributed by atoms with Crippen molar-refractivity contribution in [1.82, 2.24) is 4.90 Å². The van der Waals surface area contributed by atoms with Crippen molar-refractivity contribution in [3.63, 3.8) is 0 Å². The zero-order valence-corrected chi connectivity index (χ0v) is 11.5. The molecule has 3 rings (SSSR count). The van der Waals surface area contributed by atoms with E-state index in [1.165, 1.54) is 36.8 Å². The van der Waals surface area contributed by atoms with Gasteiger partial charge in [-0.3, -0.25) is 0 Å². The number of aryl methyl sites for hydroxylation is 1. The molecular weight excluding hydrogens is 218 g/mol. The second-order valence-electron chi connectivity index (χ2n) is 6.00. The van der Waals surface area contributed by atoms with Gasteiger partial charge in [-0.15, -0.1) is 0 Å². The van der Waals surface area contributed by atoms with Crippen molar-refractivity contribution in [2.45, 2.75) is 44.7 Å². The Morgan fingerprint density at radius 1 is 1.11 bits per heavy atom. The van der Waals surface area contributed by atoms with Gasteiger partial charge >= 0.3 is 0 Å². The van der Waals surface area contributed by atoms with Gasteiger partial charge in [-0.1, -0.05) is 36.4 Å². The quantitative estimate of drug-likeness (QED) is 0.759. The highest BCUT2D eigenvalue weighted by atomic mass is 15.2. The fourth-order valence-corrected chi connectivity index (χ4v) is 3.62. The molecule has 0 aromatic heterocycles. The summed E-state index contributed by atoms with van der Waals surface area (Å²) in [5.74, 6) is 0.790. The van der Waals surface area contributed by atoms with Gasteiger partial charge in [0, 0.05) is 12.1 Å². The van der Waals surface area contributed by atoms with Crippen molar-refractivity contribution >= 4 is 6.08 Å². The van der Waals surface area contributed by atoms with Gasteiger partial charge in [0.2, 0.25) is 0 Å². The Morgan fingerprint density at radius 2 is 1.78 bits per heavy atom. The molecule has 2 aliphatic rings. The summed E-state index contributed by atoms with van der Waals surface area (Å²) in [5, 5.41) is 0. The second-order valence-corrected chi connectivity index (χ2v) is 6.00. The number of hydrogen-bond donors (Lipinski definition) is 0. The van der Waals surface area contributed by atoms with Crippen LogP contribution in [-0.4, -0.2) is 24.0 Å². The molecule has 1 aromatic rings. The van der Waals surface area contributed by atoms with E-state index in [2.05, 4.69) is 55.3 Å². The molecule has 18 heavy (non-hydrogen) atoms. The highest BCUT2D eigenvalue weighted by molar-refractivity contribution is 5.53. The Hall–Kier alpha value is -1.08. The Morgan fingerprint density at radius 3 is 2.44 bits per heavy atom. The van der Waals surface area contributed by atoms with E-state index in [0.717, 1.165) is 18.0 Å². The highest BCUT2D eigenvalue weighted by Gasteiger charge is 2.37. The number of piperidine rings is 1. The third-order valence-electron chi connectivity index (χ3n) is 4.87. The second kappa shape index (κ2) is 4.89. The van der Waals surface area contributed by atoms with Gasteiger partial charge in [0.15, 0.2) is 0 Å². The van der Waals surface area contributed by atoms with E-state index in [1.54, 1.807) is 0 Å². The van der Waals surface area contributed by atoms with Crippen LogP contribution in [0.25, 0.3) is 6.08 Å². The van der Waals surface area contributed by atoms with Crippen LogP contribution >= 0.6 is 0 Å². The summed E-state index contributed by atoms with van der Waals surface area (Å²) in [6, 6.07) is 10.3. The minimum atomic E-state index is 0.790. The fraction of sp³-hybridized carbons (Fsp3) is 0.529. The molecule has 0 N–H and O–H groups in total. The number of nitrogens with zero attached hydrogens (tertiary/aromatic N) is 1. The van der Waals surface area contributed by atoms with Crippen LogP contribution in [0.1, 0.15) is 36.8 Å². The SMILES string of the molecule is Cc1ccccc1/C=C/C1CC2CCC(C1)N2C. The summed E-state index contributed by atoms with van der Waals surface area (Å²) in [6.45, 7) is 2.19. The van der Waals surface area contributed by atoms with E-state index in [1.807, 2.05) is 0 Å². The molecule has 2 aliphatic heterocycles. The van der Waals surface area contributed by atoms with Crippen molar-refractivity contribution in [3.8, 4) is 0 Å². The molecule has 2 fully saturated rings. The van der Waals surface area contributed by atoms with Crippen LogP contribution < -0.4 is 0 Å². The summed E-state index contributed by atoms with van der Waals surface area (Å²) in [7, 11) is 2.31. The largest absolute Gasteiger partial charge is 0.300 e. The molecule has 0 spiro atoms. The average molecular weight is 241 g/mol. The zero-order valence-electron chi connectivity index (χ0n) is 11.5. The first-order valence-electron chi connectivity index (χ1n) is 7.20. The maximum Gasteiger partial charge on any atom is 0.0101 e. The first-order valence-corrected chi connectivity index (χ1v) is 7.20. The van der Waals surface area contributed by atoms with Crippen LogP contribution in [0.15, 0.2) is 30.3 Å². The Bertz CT molecular complexity index is 435. The lowest BCUT2D eigenvalue weighted by Gasteiger charge is -2.35. The van der Waals surface area contributed by atoms with Crippen molar-refractivity contribution in [3.05, 3.63) is 41.5 Å². The molecule has 0 saturated carbocycles. The number of fused-ring (bicyclic) bond motifs is 2. The first kappa shape index (κ1) is 12.0. The standard InChI is InChI=1S/C17H23N/c1-13-5-3-4-6-15(13)8-7-14-11-16-9-10-17(12-14)18(16)2/h3-8,14,16-17H,9-12H2,1-2H3/b8-7+. The Balaban J connectivity index is 1.69.